The summed E-state index contributed by atoms with van der Waals surface area (Å²) < 4.78 is 39.9. The molecule has 1 aromatic rings. The van der Waals surface area contributed by atoms with Gasteiger partial charge >= 0.3 is 0 Å². The fourth-order valence-electron chi connectivity index (χ4n) is 2.09. The Morgan fingerprint density at radius 1 is 1.50 bits per heavy atom. The van der Waals surface area contributed by atoms with E-state index in [4.69, 9.17) is 5.26 Å². The van der Waals surface area contributed by atoms with Crippen molar-refractivity contribution >= 4 is 22.4 Å². The highest BCUT2D eigenvalue weighted by atomic mass is 35.5. The lowest BCUT2D eigenvalue weighted by molar-refractivity contribution is 0.283. The molecule has 1 fully saturated rings. The summed E-state index contributed by atoms with van der Waals surface area (Å²) in [7, 11) is -3.86. The zero-order chi connectivity index (χ0) is 14.0. The van der Waals surface area contributed by atoms with E-state index in [1.165, 1.54) is 10.4 Å². The molecule has 0 spiro atoms. The first-order chi connectivity index (χ1) is 8.96. The predicted molar refractivity (Wildman–Crippen MR) is 74.6 cm³/mol. The average molecular weight is 320 g/mol. The molecule has 2 rings (SSSR count). The Labute approximate surface area is 123 Å². The van der Waals surface area contributed by atoms with Gasteiger partial charge < -0.3 is 5.32 Å². The summed E-state index contributed by atoms with van der Waals surface area (Å²) in [5.41, 5.74) is 0.102. The Morgan fingerprint density at radius 2 is 2.20 bits per heavy atom. The molecule has 1 aliphatic rings. The third kappa shape index (κ3) is 3.10. The summed E-state index contributed by atoms with van der Waals surface area (Å²) in [6, 6.07) is 4.95. The molecule has 0 bridgehead atoms. The molecule has 1 aromatic carbocycles. The maximum atomic E-state index is 13.8. The number of nitrogens with one attached hydrogen (secondary N) is 1. The normalized spacial score (nSPS) is 19.9. The second kappa shape index (κ2) is 6.50. The van der Waals surface area contributed by atoms with Gasteiger partial charge in [-0.3, -0.25) is 0 Å². The predicted octanol–water partition coefficient (Wildman–Crippen LogP) is 1.10. The molecule has 1 N–H and O–H groups in total. The number of halogens is 2. The van der Waals surface area contributed by atoms with E-state index in [0.717, 1.165) is 12.1 Å². The summed E-state index contributed by atoms with van der Waals surface area (Å²) in [6.07, 6.45) is 0. The van der Waals surface area contributed by atoms with Gasteiger partial charge in [-0.2, -0.15) is 9.57 Å². The first-order valence-electron chi connectivity index (χ1n) is 5.89. The van der Waals surface area contributed by atoms with Gasteiger partial charge in [-0.05, 0) is 25.1 Å². The van der Waals surface area contributed by atoms with Crippen molar-refractivity contribution in [2.45, 2.75) is 17.9 Å². The third-order valence-corrected chi connectivity index (χ3v) is 5.13. The number of sulfonamides is 1. The molecule has 0 amide bonds. The number of benzene rings is 1. The van der Waals surface area contributed by atoms with Gasteiger partial charge in [0.2, 0.25) is 10.0 Å². The van der Waals surface area contributed by atoms with Crippen LogP contribution in [0.1, 0.15) is 12.5 Å². The Balaban J connectivity index is 0.00000200. The molecule has 0 aromatic heterocycles. The fourth-order valence-corrected chi connectivity index (χ4v) is 3.76. The number of nitriles is 1. The maximum Gasteiger partial charge on any atom is 0.246 e. The van der Waals surface area contributed by atoms with E-state index in [1.54, 1.807) is 13.0 Å². The molecule has 0 aliphatic carbocycles. The quantitative estimate of drug-likeness (QED) is 0.886. The highest BCUT2D eigenvalue weighted by Crippen LogP contribution is 2.22. The van der Waals surface area contributed by atoms with E-state index in [2.05, 4.69) is 5.32 Å². The van der Waals surface area contributed by atoms with Crippen molar-refractivity contribution in [1.29, 1.82) is 5.26 Å². The molecule has 1 heterocycles. The van der Waals surface area contributed by atoms with E-state index in [0.29, 0.717) is 19.6 Å². The lowest BCUT2D eigenvalue weighted by atomic mass is 10.2. The Bertz CT molecular complexity index is 630. The third-order valence-electron chi connectivity index (χ3n) is 3.09. The van der Waals surface area contributed by atoms with Gasteiger partial charge in [-0.25, -0.2) is 12.8 Å². The van der Waals surface area contributed by atoms with Crippen LogP contribution in [-0.4, -0.2) is 38.4 Å². The highest BCUT2D eigenvalue weighted by molar-refractivity contribution is 7.89. The Morgan fingerprint density at radius 3 is 2.75 bits per heavy atom. The second-order valence-corrected chi connectivity index (χ2v) is 6.28. The van der Waals surface area contributed by atoms with Crippen molar-refractivity contribution in [3.05, 3.63) is 29.6 Å². The van der Waals surface area contributed by atoms with E-state index in [-0.39, 0.29) is 28.9 Å². The average Bonchev–Trinajstić information content (AvgIpc) is 2.38. The molecule has 0 radical (unpaired) electrons. The smallest absolute Gasteiger partial charge is 0.246 e. The van der Waals surface area contributed by atoms with Gasteiger partial charge in [-0.1, -0.05) is 0 Å². The van der Waals surface area contributed by atoms with Crippen molar-refractivity contribution in [3.8, 4) is 6.07 Å². The largest absolute Gasteiger partial charge is 0.314 e. The molecule has 5 nitrogen and oxygen atoms in total. The molecular weight excluding hydrogens is 305 g/mol. The van der Waals surface area contributed by atoms with Crippen LogP contribution in [0.4, 0.5) is 4.39 Å². The molecule has 110 valence electrons. The van der Waals surface area contributed by atoms with Crippen LogP contribution in [0.15, 0.2) is 23.1 Å². The van der Waals surface area contributed by atoms with Crippen LogP contribution in [0.2, 0.25) is 0 Å². The summed E-state index contributed by atoms with van der Waals surface area (Å²) in [4.78, 5) is -0.375. The number of piperazine rings is 1. The fraction of sp³-hybridized carbons (Fsp3) is 0.417. The molecule has 1 unspecified atom stereocenters. The summed E-state index contributed by atoms with van der Waals surface area (Å²) in [6.45, 7) is 3.16. The van der Waals surface area contributed by atoms with Crippen LogP contribution in [-0.2, 0) is 10.0 Å². The molecule has 8 heteroatoms. The van der Waals surface area contributed by atoms with Gasteiger partial charge in [0, 0.05) is 25.7 Å². The highest BCUT2D eigenvalue weighted by Gasteiger charge is 2.32. The zero-order valence-electron chi connectivity index (χ0n) is 10.8. The van der Waals surface area contributed by atoms with Crippen LogP contribution >= 0.6 is 12.4 Å². The van der Waals surface area contributed by atoms with Crippen LogP contribution < -0.4 is 5.32 Å². The van der Waals surface area contributed by atoms with Crippen molar-refractivity contribution in [3.63, 3.8) is 0 Å². The van der Waals surface area contributed by atoms with Gasteiger partial charge in [0.05, 0.1) is 11.6 Å². The van der Waals surface area contributed by atoms with Crippen molar-refractivity contribution in [2.24, 2.45) is 0 Å². The van der Waals surface area contributed by atoms with Crippen LogP contribution in [0.25, 0.3) is 0 Å². The minimum Gasteiger partial charge on any atom is -0.314 e. The van der Waals surface area contributed by atoms with Crippen molar-refractivity contribution in [1.82, 2.24) is 9.62 Å². The molecule has 20 heavy (non-hydrogen) atoms. The van der Waals surface area contributed by atoms with Crippen LogP contribution in [0.5, 0.6) is 0 Å². The maximum absolute atomic E-state index is 13.8. The molecule has 1 atom stereocenters. The van der Waals surface area contributed by atoms with E-state index >= 15 is 0 Å². The first kappa shape index (κ1) is 16.9. The minimum absolute atomic E-state index is 0. The van der Waals surface area contributed by atoms with Gasteiger partial charge in [-0.15, -0.1) is 12.4 Å². The van der Waals surface area contributed by atoms with E-state index in [9.17, 15) is 12.8 Å². The summed E-state index contributed by atoms with van der Waals surface area (Å²) in [5.74, 6) is -0.884. The van der Waals surface area contributed by atoms with Crippen LogP contribution in [0, 0.1) is 17.1 Å². The van der Waals surface area contributed by atoms with Crippen molar-refractivity contribution < 1.29 is 12.8 Å². The number of hydrogen-bond donors (Lipinski definition) is 1. The zero-order valence-corrected chi connectivity index (χ0v) is 12.5. The van der Waals surface area contributed by atoms with Crippen LogP contribution in [0.3, 0.4) is 0 Å². The second-order valence-electron chi connectivity index (χ2n) is 4.43. The van der Waals surface area contributed by atoms with E-state index < -0.39 is 15.8 Å². The van der Waals surface area contributed by atoms with Gasteiger partial charge in [0.15, 0.2) is 0 Å². The Kier molecular flexibility index (Phi) is 5.48. The topological polar surface area (TPSA) is 73.2 Å². The monoisotopic (exact) mass is 319 g/mol. The summed E-state index contributed by atoms with van der Waals surface area (Å²) in [5, 5.41) is 11.7. The van der Waals surface area contributed by atoms with Crippen molar-refractivity contribution in [2.75, 3.05) is 19.6 Å². The Hall–Kier alpha value is -1.20. The first-order valence-corrected chi connectivity index (χ1v) is 7.33. The molecule has 1 saturated heterocycles. The number of nitrogens with zero attached hydrogens (tertiary/aromatic N) is 2. The number of rotatable bonds is 2. The van der Waals surface area contributed by atoms with E-state index in [1.807, 2.05) is 0 Å². The standard InChI is InChI=1S/C12H14FN3O2S.ClH/c1-9-8-15-4-5-16(9)19(17,18)12-3-2-10(7-14)6-11(12)13;/h2-3,6,9,15H,4-5,8H2,1H3;1H. The lowest BCUT2D eigenvalue weighted by Crippen LogP contribution is -2.52. The minimum atomic E-state index is -3.86. The SMILES string of the molecule is CC1CNCCN1S(=O)(=O)c1ccc(C#N)cc1F.Cl. The lowest BCUT2D eigenvalue weighted by Gasteiger charge is -2.32. The number of hydrogen-bond acceptors (Lipinski definition) is 4. The molecular formula is C12H15ClFN3O2S. The molecule has 0 saturated carbocycles. The van der Waals surface area contributed by atoms with Gasteiger partial charge in [0.1, 0.15) is 10.7 Å². The van der Waals surface area contributed by atoms with Gasteiger partial charge in [0.25, 0.3) is 0 Å². The summed E-state index contributed by atoms with van der Waals surface area (Å²) >= 11 is 0. The molecule has 1 aliphatic heterocycles.